The Labute approximate surface area is 103 Å². The van der Waals surface area contributed by atoms with Gasteiger partial charge in [-0.2, -0.15) is 0 Å². The van der Waals surface area contributed by atoms with Gasteiger partial charge in [0.15, 0.2) is 0 Å². The van der Waals surface area contributed by atoms with E-state index in [2.05, 4.69) is 0 Å². The number of benzene rings is 2. The molecule has 0 spiro atoms. The van der Waals surface area contributed by atoms with Gasteiger partial charge in [-0.25, -0.2) is 4.79 Å². The molecule has 17 heavy (non-hydrogen) atoms. The molecule has 0 saturated heterocycles. The molecule has 0 fully saturated rings. The van der Waals surface area contributed by atoms with Crippen molar-refractivity contribution in [2.45, 2.75) is 0 Å². The van der Waals surface area contributed by atoms with Crippen LogP contribution in [0.3, 0.4) is 0 Å². The molecule has 86 valence electrons. The number of hydrogen-bond acceptors (Lipinski definition) is 2. The summed E-state index contributed by atoms with van der Waals surface area (Å²) in [5.74, 6) is -0.977. The van der Waals surface area contributed by atoms with Crippen LogP contribution in [0.15, 0.2) is 42.5 Å². The molecule has 0 aliphatic heterocycles. The fraction of sp³-hybridized carbons (Fsp3) is 0. The highest BCUT2D eigenvalue weighted by Crippen LogP contribution is 2.27. The van der Waals surface area contributed by atoms with Crippen LogP contribution in [0.5, 0.6) is 0 Å². The molecule has 0 aromatic heterocycles. The zero-order valence-electron chi connectivity index (χ0n) is 8.85. The van der Waals surface area contributed by atoms with Crippen LogP contribution >= 0.6 is 11.6 Å². The van der Waals surface area contributed by atoms with Gasteiger partial charge >= 0.3 is 5.97 Å². The minimum atomic E-state index is -0.977. The molecule has 3 nitrogen and oxygen atoms in total. The highest BCUT2D eigenvalue weighted by atomic mass is 35.5. The highest BCUT2D eigenvalue weighted by Gasteiger charge is 2.11. The Morgan fingerprint density at radius 2 is 1.76 bits per heavy atom. The van der Waals surface area contributed by atoms with Gasteiger partial charge in [0.1, 0.15) is 0 Å². The maximum Gasteiger partial charge on any atom is 0.336 e. The Balaban J connectivity index is 2.60. The lowest BCUT2D eigenvalue weighted by atomic mass is 9.99. The third-order valence-electron chi connectivity index (χ3n) is 2.43. The first-order valence-electron chi connectivity index (χ1n) is 4.96. The van der Waals surface area contributed by atoms with E-state index in [1.807, 2.05) is 0 Å². The second kappa shape index (κ2) is 4.47. The van der Waals surface area contributed by atoms with Gasteiger partial charge in [-0.3, -0.25) is 0 Å². The van der Waals surface area contributed by atoms with E-state index in [1.54, 1.807) is 36.4 Å². The molecule has 3 N–H and O–H groups in total. The van der Waals surface area contributed by atoms with Crippen LogP contribution in [0.1, 0.15) is 10.4 Å². The van der Waals surface area contributed by atoms with E-state index in [1.165, 1.54) is 6.07 Å². The lowest BCUT2D eigenvalue weighted by Crippen LogP contribution is -2.00. The smallest absolute Gasteiger partial charge is 0.336 e. The standard InChI is InChI=1S/C13H10ClNO2/c14-9-3-1-8(2-4-9)12-7-10(15)5-6-11(12)13(16)17/h1-7H,15H2,(H,16,17). The number of anilines is 1. The summed E-state index contributed by atoms with van der Waals surface area (Å²) < 4.78 is 0. The highest BCUT2D eigenvalue weighted by molar-refractivity contribution is 6.30. The quantitative estimate of drug-likeness (QED) is 0.801. The third-order valence-corrected chi connectivity index (χ3v) is 2.68. The van der Waals surface area contributed by atoms with E-state index in [0.29, 0.717) is 16.3 Å². The monoisotopic (exact) mass is 247 g/mol. The largest absolute Gasteiger partial charge is 0.478 e. The molecule has 0 heterocycles. The number of aromatic carboxylic acids is 1. The summed E-state index contributed by atoms with van der Waals surface area (Å²) in [5.41, 5.74) is 7.80. The average Bonchev–Trinajstić information content (AvgIpc) is 2.29. The van der Waals surface area contributed by atoms with Crippen LogP contribution < -0.4 is 5.73 Å². The van der Waals surface area contributed by atoms with E-state index in [9.17, 15) is 4.79 Å². The van der Waals surface area contributed by atoms with Gasteiger partial charge in [-0.15, -0.1) is 0 Å². The molecule has 2 aromatic rings. The Hall–Kier alpha value is -2.00. The molecule has 0 aliphatic rings. The van der Waals surface area contributed by atoms with Crippen molar-refractivity contribution in [1.82, 2.24) is 0 Å². The van der Waals surface area contributed by atoms with Crippen molar-refractivity contribution in [2.75, 3.05) is 5.73 Å². The fourth-order valence-corrected chi connectivity index (χ4v) is 1.74. The predicted octanol–water partition coefficient (Wildman–Crippen LogP) is 3.29. The molecule has 2 rings (SSSR count). The molecule has 0 saturated carbocycles. The molecule has 0 amide bonds. The molecule has 0 atom stereocenters. The maximum atomic E-state index is 11.1. The number of rotatable bonds is 2. The summed E-state index contributed by atoms with van der Waals surface area (Å²) in [6.45, 7) is 0. The lowest BCUT2D eigenvalue weighted by Gasteiger charge is -2.07. The van der Waals surface area contributed by atoms with E-state index < -0.39 is 5.97 Å². The first-order valence-corrected chi connectivity index (χ1v) is 5.34. The van der Waals surface area contributed by atoms with Gasteiger partial charge in [-0.05, 0) is 41.5 Å². The van der Waals surface area contributed by atoms with Crippen molar-refractivity contribution in [3.63, 3.8) is 0 Å². The summed E-state index contributed by atoms with van der Waals surface area (Å²) in [6, 6.07) is 11.7. The molecule has 0 bridgehead atoms. The number of nitrogens with two attached hydrogens (primary N) is 1. The molecule has 4 heteroatoms. The first kappa shape index (κ1) is 11.5. The predicted molar refractivity (Wildman–Crippen MR) is 68.3 cm³/mol. The molecule has 0 aliphatic carbocycles. The summed E-state index contributed by atoms with van der Waals surface area (Å²) in [5, 5.41) is 9.71. The van der Waals surface area contributed by atoms with Crippen LogP contribution in [0.4, 0.5) is 5.69 Å². The number of hydrogen-bond donors (Lipinski definition) is 2. The number of carboxylic acid groups (broad SMARTS) is 1. The summed E-state index contributed by atoms with van der Waals surface area (Å²) in [6.07, 6.45) is 0. The van der Waals surface area contributed by atoms with Crippen molar-refractivity contribution < 1.29 is 9.90 Å². The second-order valence-corrected chi connectivity index (χ2v) is 4.05. The summed E-state index contributed by atoms with van der Waals surface area (Å²) in [4.78, 5) is 11.1. The van der Waals surface area contributed by atoms with Crippen molar-refractivity contribution in [2.24, 2.45) is 0 Å². The van der Waals surface area contributed by atoms with Crippen LogP contribution in [0.25, 0.3) is 11.1 Å². The molecule has 0 unspecified atom stereocenters. The van der Waals surface area contributed by atoms with Crippen LogP contribution in [0, 0.1) is 0 Å². The van der Waals surface area contributed by atoms with E-state index in [0.717, 1.165) is 5.56 Å². The molecular weight excluding hydrogens is 238 g/mol. The summed E-state index contributed by atoms with van der Waals surface area (Å²) >= 11 is 5.79. The zero-order chi connectivity index (χ0) is 12.4. The second-order valence-electron chi connectivity index (χ2n) is 3.62. The Bertz CT molecular complexity index is 564. The SMILES string of the molecule is Nc1ccc(C(=O)O)c(-c2ccc(Cl)cc2)c1. The Kier molecular flexibility index (Phi) is 3.02. The maximum absolute atomic E-state index is 11.1. The fourth-order valence-electron chi connectivity index (χ4n) is 1.62. The minimum absolute atomic E-state index is 0.224. The van der Waals surface area contributed by atoms with E-state index in [4.69, 9.17) is 22.4 Å². The normalized spacial score (nSPS) is 10.2. The van der Waals surface area contributed by atoms with Gasteiger partial charge in [0.25, 0.3) is 0 Å². The topological polar surface area (TPSA) is 63.3 Å². The van der Waals surface area contributed by atoms with Crippen molar-refractivity contribution in [3.8, 4) is 11.1 Å². The molecule has 0 radical (unpaired) electrons. The van der Waals surface area contributed by atoms with Crippen LogP contribution in [-0.2, 0) is 0 Å². The number of carbonyl (C=O) groups is 1. The first-order chi connectivity index (χ1) is 8.08. The van der Waals surface area contributed by atoms with Gasteiger partial charge in [-0.1, -0.05) is 23.7 Å². The van der Waals surface area contributed by atoms with Gasteiger partial charge in [0, 0.05) is 10.7 Å². The van der Waals surface area contributed by atoms with Gasteiger partial charge < -0.3 is 10.8 Å². The van der Waals surface area contributed by atoms with Crippen molar-refractivity contribution in [1.29, 1.82) is 0 Å². The number of halogens is 1. The lowest BCUT2D eigenvalue weighted by molar-refractivity contribution is 0.0698. The third kappa shape index (κ3) is 2.40. The zero-order valence-corrected chi connectivity index (χ0v) is 9.61. The Morgan fingerprint density at radius 3 is 2.35 bits per heavy atom. The van der Waals surface area contributed by atoms with Crippen molar-refractivity contribution in [3.05, 3.63) is 53.1 Å². The van der Waals surface area contributed by atoms with E-state index >= 15 is 0 Å². The van der Waals surface area contributed by atoms with Gasteiger partial charge in [0.2, 0.25) is 0 Å². The average molecular weight is 248 g/mol. The van der Waals surface area contributed by atoms with Crippen LogP contribution in [0.2, 0.25) is 5.02 Å². The van der Waals surface area contributed by atoms with Crippen molar-refractivity contribution >= 4 is 23.3 Å². The Morgan fingerprint density at radius 1 is 1.12 bits per heavy atom. The van der Waals surface area contributed by atoms with Crippen LogP contribution in [-0.4, -0.2) is 11.1 Å². The minimum Gasteiger partial charge on any atom is -0.478 e. The summed E-state index contributed by atoms with van der Waals surface area (Å²) in [7, 11) is 0. The van der Waals surface area contributed by atoms with E-state index in [-0.39, 0.29) is 5.56 Å². The molecular formula is C13H10ClNO2. The number of carboxylic acids is 1. The molecule has 2 aromatic carbocycles. The number of nitrogen functional groups attached to an aromatic ring is 1. The van der Waals surface area contributed by atoms with Gasteiger partial charge in [0.05, 0.1) is 5.56 Å².